The normalized spacial score (nSPS) is 15.1. The molecular weight excluding hydrogens is 310 g/mol. The maximum atomic E-state index is 12.4. The summed E-state index contributed by atoms with van der Waals surface area (Å²) in [7, 11) is 0. The zero-order chi connectivity index (χ0) is 16.7. The third-order valence-electron chi connectivity index (χ3n) is 4.15. The number of rotatable bonds is 10. The number of carbonyl (C=O) groups excluding carboxylic acids is 2. The van der Waals surface area contributed by atoms with Crippen molar-refractivity contribution in [3.05, 3.63) is 28.1 Å². The maximum absolute atomic E-state index is 12.4. The van der Waals surface area contributed by atoms with E-state index in [2.05, 4.69) is 6.92 Å². The molecule has 126 valence electrons. The molecule has 2 amide bonds. The van der Waals surface area contributed by atoms with Crippen molar-refractivity contribution in [2.75, 3.05) is 6.54 Å². The van der Waals surface area contributed by atoms with Crippen LogP contribution in [0.25, 0.3) is 5.57 Å². The summed E-state index contributed by atoms with van der Waals surface area (Å²) in [4.78, 5) is 26.3. The number of thiophene rings is 1. The van der Waals surface area contributed by atoms with E-state index in [-0.39, 0.29) is 11.5 Å². The van der Waals surface area contributed by atoms with E-state index in [1.54, 1.807) is 12.1 Å². The van der Waals surface area contributed by atoms with Gasteiger partial charge in [0.15, 0.2) is 5.76 Å². The Kier molecular flexibility index (Phi) is 6.84. The Labute approximate surface area is 141 Å². The Morgan fingerprint density at radius 1 is 1.00 bits per heavy atom. The molecule has 0 aromatic carbocycles. The van der Waals surface area contributed by atoms with Gasteiger partial charge in [-0.25, -0.2) is 0 Å². The first-order chi connectivity index (χ1) is 11.2. The largest absolute Gasteiger partial charge is 0.502 e. The third kappa shape index (κ3) is 4.44. The molecule has 0 bridgehead atoms. The Morgan fingerprint density at radius 2 is 1.65 bits per heavy atom. The van der Waals surface area contributed by atoms with Crippen LogP contribution in [0.1, 0.15) is 63.2 Å². The smallest absolute Gasteiger partial charge is 0.296 e. The van der Waals surface area contributed by atoms with Crippen LogP contribution >= 0.6 is 11.3 Å². The van der Waals surface area contributed by atoms with Gasteiger partial charge in [0, 0.05) is 11.4 Å². The van der Waals surface area contributed by atoms with Crippen molar-refractivity contribution in [1.29, 1.82) is 0 Å². The lowest BCUT2D eigenvalue weighted by molar-refractivity contribution is -0.138. The van der Waals surface area contributed by atoms with Crippen molar-refractivity contribution >= 4 is 28.7 Å². The Bertz CT molecular complexity index is 563. The number of aliphatic hydroxyl groups excluding tert-OH is 1. The van der Waals surface area contributed by atoms with E-state index in [0.717, 1.165) is 19.3 Å². The van der Waals surface area contributed by atoms with Gasteiger partial charge >= 0.3 is 0 Å². The third-order valence-corrected chi connectivity index (χ3v) is 5.03. The zero-order valence-electron chi connectivity index (χ0n) is 13.7. The summed E-state index contributed by atoms with van der Waals surface area (Å²) in [5.41, 5.74) is 0.157. The molecule has 0 radical (unpaired) electrons. The number of carbonyl (C=O) groups is 2. The van der Waals surface area contributed by atoms with Gasteiger partial charge in [0.1, 0.15) is 5.57 Å². The van der Waals surface area contributed by atoms with Gasteiger partial charge in [-0.2, -0.15) is 0 Å². The molecule has 0 fully saturated rings. The van der Waals surface area contributed by atoms with Crippen molar-refractivity contribution in [3.63, 3.8) is 0 Å². The van der Waals surface area contributed by atoms with Crippen molar-refractivity contribution in [2.45, 2.75) is 58.3 Å². The molecule has 1 aromatic rings. The number of hydrogen-bond donors (Lipinski definition) is 1. The van der Waals surface area contributed by atoms with E-state index in [4.69, 9.17) is 0 Å². The second-order valence-corrected chi connectivity index (χ2v) is 6.89. The summed E-state index contributed by atoms with van der Waals surface area (Å²) in [6, 6.07) is 3.56. The molecule has 0 saturated carbocycles. The van der Waals surface area contributed by atoms with E-state index in [0.29, 0.717) is 11.4 Å². The lowest BCUT2D eigenvalue weighted by Crippen LogP contribution is -2.32. The fraction of sp³-hybridized carbons (Fsp3) is 0.556. The fourth-order valence-electron chi connectivity index (χ4n) is 2.81. The van der Waals surface area contributed by atoms with Crippen LogP contribution in [-0.2, 0) is 9.59 Å². The van der Waals surface area contributed by atoms with Gasteiger partial charge in [-0.15, -0.1) is 11.3 Å². The van der Waals surface area contributed by atoms with Crippen LogP contribution in [-0.4, -0.2) is 28.4 Å². The van der Waals surface area contributed by atoms with Gasteiger partial charge in [0.05, 0.1) is 0 Å². The lowest BCUT2D eigenvalue weighted by atomic mass is 10.1. The average molecular weight is 335 g/mol. The number of nitrogens with zero attached hydrogens (tertiary/aromatic N) is 1. The van der Waals surface area contributed by atoms with Crippen molar-refractivity contribution in [3.8, 4) is 0 Å². The van der Waals surface area contributed by atoms with Gasteiger partial charge in [0.2, 0.25) is 0 Å². The Balaban J connectivity index is 1.75. The highest BCUT2D eigenvalue weighted by Gasteiger charge is 2.39. The summed E-state index contributed by atoms with van der Waals surface area (Å²) < 4.78 is 0. The molecule has 5 heteroatoms. The van der Waals surface area contributed by atoms with E-state index in [1.807, 2.05) is 5.38 Å². The van der Waals surface area contributed by atoms with E-state index in [9.17, 15) is 14.7 Å². The van der Waals surface area contributed by atoms with Crippen LogP contribution in [0.4, 0.5) is 0 Å². The maximum Gasteiger partial charge on any atom is 0.296 e. The van der Waals surface area contributed by atoms with Crippen LogP contribution in [0, 0.1) is 0 Å². The van der Waals surface area contributed by atoms with Crippen LogP contribution in [0.3, 0.4) is 0 Å². The number of unbranched alkanes of at least 4 members (excludes halogenated alkanes) is 7. The second-order valence-electron chi connectivity index (χ2n) is 5.94. The molecule has 0 saturated heterocycles. The molecular formula is C18H25NO3S. The molecule has 1 aliphatic rings. The second kappa shape index (κ2) is 8.87. The molecule has 0 atom stereocenters. The minimum absolute atomic E-state index is 0.157. The van der Waals surface area contributed by atoms with Gasteiger partial charge in [-0.05, 0) is 17.9 Å². The molecule has 1 N–H and O–H groups in total. The topological polar surface area (TPSA) is 57.6 Å². The summed E-state index contributed by atoms with van der Waals surface area (Å²) >= 11 is 1.36. The first-order valence-electron chi connectivity index (χ1n) is 8.50. The molecule has 23 heavy (non-hydrogen) atoms. The van der Waals surface area contributed by atoms with Gasteiger partial charge < -0.3 is 5.11 Å². The molecule has 1 aromatic heterocycles. The summed E-state index contributed by atoms with van der Waals surface area (Å²) in [6.07, 6.45) is 9.27. The number of amides is 2. The van der Waals surface area contributed by atoms with Crippen molar-refractivity contribution < 1.29 is 14.7 Å². The highest BCUT2D eigenvalue weighted by Crippen LogP contribution is 2.30. The van der Waals surface area contributed by atoms with E-state index in [1.165, 1.54) is 48.3 Å². The quantitative estimate of drug-likeness (QED) is 0.505. The van der Waals surface area contributed by atoms with Crippen molar-refractivity contribution in [2.24, 2.45) is 0 Å². The first-order valence-corrected chi connectivity index (χ1v) is 9.38. The van der Waals surface area contributed by atoms with E-state index < -0.39 is 11.7 Å². The highest BCUT2D eigenvalue weighted by molar-refractivity contribution is 7.11. The molecule has 4 nitrogen and oxygen atoms in total. The summed E-state index contributed by atoms with van der Waals surface area (Å²) in [5.74, 6) is -1.32. The molecule has 2 heterocycles. The van der Waals surface area contributed by atoms with Crippen LogP contribution in [0.5, 0.6) is 0 Å². The van der Waals surface area contributed by atoms with E-state index >= 15 is 0 Å². The lowest BCUT2D eigenvalue weighted by Gasteiger charge is -2.13. The molecule has 1 aliphatic heterocycles. The fourth-order valence-corrected chi connectivity index (χ4v) is 3.58. The summed E-state index contributed by atoms with van der Waals surface area (Å²) in [6.45, 7) is 2.60. The van der Waals surface area contributed by atoms with Crippen LogP contribution in [0.2, 0.25) is 0 Å². The minimum Gasteiger partial charge on any atom is -0.502 e. The molecule has 0 unspecified atom stereocenters. The van der Waals surface area contributed by atoms with Gasteiger partial charge in [0.25, 0.3) is 11.8 Å². The van der Waals surface area contributed by atoms with Crippen LogP contribution in [0.15, 0.2) is 23.3 Å². The predicted octanol–water partition coefficient (Wildman–Crippen LogP) is 4.53. The molecule has 0 spiro atoms. The average Bonchev–Trinajstić information content (AvgIpc) is 3.12. The first kappa shape index (κ1) is 17.7. The predicted molar refractivity (Wildman–Crippen MR) is 93.2 cm³/mol. The number of imide groups is 1. The minimum atomic E-state index is -0.554. The SMILES string of the molecule is CCCCCCCCCCN1C(=O)C(O)=C(c2cccs2)C1=O. The Morgan fingerprint density at radius 3 is 2.26 bits per heavy atom. The number of hydrogen-bond acceptors (Lipinski definition) is 4. The monoisotopic (exact) mass is 335 g/mol. The molecule has 0 aliphatic carbocycles. The van der Waals surface area contributed by atoms with Gasteiger partial charge in [-0.1, -0.05) is 57.9 Å². The van der Waals surface area contributed by atoms with Crippen molar-refractivity contribution in [1.82, 2.24) is 4.90 Å². The standard InChI is InChI=1S/C18H25NO3S/c1-2-3-4-5-6-7-8-9-12-19-17(21)15(16(20)18(19)22)14-11-10-13-23-14/h10-11,13,20H,2-9,12H2,1H3. The zero-order valence-corrected chi connectivity index (χ0v) is 14.5. The summed E-state index contributed by atoms with van der Waals surface area (Å²) in [5, 5.41) is 11.8. The Hall–Kier alpha value is -1.62. The molecule has 2 rings (SSSR count). The highest BCUT2D eigenvalue weighted by atomic mass is 32.1. The van der Waals surface area contributed by atoms with Crippen LogP contribution < -0.4 is 0 Å². The number of aliphatic hydroxyl groups is 1. The van der Waals surface area contributed by atoms with Gasteiger partial charge in [-0.3, -0.25) is 14.5 Å².